The van der Waals surface area contributed by atoms with E-state index < -0.39 is 27.3 Å². The molecule has 3 N–H and O–H groups in total. The van der Waals surface area contributed by atoms with Gasteiger partial charge in [-0.2, -0.15) is 0 Å². The smallest absolute Gasteiger partial charge is 0.264 e. The molecule has 106 valence electrons. The number of nitrogens with one attached hydrogen (secondary N) is 1. The summed E-state index contributed by atoms with van der Waals surface area (Å²) < 4.78 is 53.3. The Labute approximate surface area is 122 Å². The van der Waals surface area contributed by atoms with Crippen molar-refractivity contribution < 1.29 is 17.2 Å². The lowest BCUT2D eigenvalue weighted by atomic mass is 10.3. The largest absolute Gasteiger partial charge is 0.398 e. The van der Waals surface area contributed by atoms with Gasteiger partial charge in [0, 0.05) is 4.47 Å². The van der Waals surface area contributed by atoms with Crippen LogP contribution in [0.1, 0.15) is 0 Å². The van der Waals surface area contributed by atoms with E-state index in [4.69, 9.17) is 5.73 Å². The Balaban J connectivity index is 2.46. The van der Waals surface area contributed by atoms with Crippen LogP contribution >= 0.6 is 15.9 Å². The summed E-state index contributed by atoms with van der Waals surface area (Å²) in [4.78, 5) is -0.226. The fourth-order valence-corrected chi connectivity index (χ4v) is 3.25. The van der Waals surface area contributed by atoms with E-state index in [1.165, 1.54) is 18.2 Å². The molecule has 0 aliphatic heterocycles. The van der Waals surface area contributed by atoms with E-state index in [0.717, 1.165) is 12.1 Å². The summed E-state index contributed by atoms with van der Waals surface area (Å²) in [5, 5.41) is 0. The zero-order valence-electron chi connectivity index (χ0n) is 9.90. The van der Waals surface area contributed by atoms with Crippen LogP contribution in [0.2, 0.25) is 0 Å². The second-order valence-electron chi connectivity index (χ2n) is 3.89. The standard InChI is InChI=1S/C12H9BrF2N2O2S/c13-7-4-5-9(16)11(6-7)20(18,19)17-10-3-1-2-8(14)12(10)15/h1-6,17H,16H2. The molecule has 2 aromatic rings. The number of halogens is 3. The van der Waals surface area contributed by atoms with E-state index in [-0.39, 0.29) is 10.6 Å². The molecular weight excluding hydrogens is 354 g/mol. The van der Waals surface area contributed by atoms with Crippen molar-refractivity contribution >= 4 is 37.3 Å². The first-order chi connectivity index (χ1) is 9.31. The lowest BCUT2D eigenvalue weighted by Crippen LogP contribution is -2.16. The number of nitrogens with two attached hydrogens (primary N) is 1. The highest BCUT2D eigenvalue weighted by molar-refractivity contribution is 9.10. The van der Waals surface area contributed by atoms with Crippen molar-refractivity contribution in [2.75, 3.05) is 10.5 Å². The quantitative estimate of drug-likeness (QED) is 0.824. The predicted octanol–water partition coefficient (Wildman–Crippen LogP) is 3.11. The molecule has 0 saturated carbocycles. The topological polar surface area (TPSA) is 72.2 Å². The van der Waals surface area contributed by atoms with Gasteiger partial charge in [0.25, 0.3) is 10.0 Å². The van der Waals surface area contributed by atoms with Gasteiger partial charge in [-0.3, -0.25) is 4.72 Å². The number of sulfonamides is 1. The predicted molar refractivity (Wildman–Crippen MR) is 75.7 cm³/mol. The van der Waals surface area contributed by atoms with Crippen LogP contribution in [-0.2, 0) is 10.0 Å². The van der Waals surface area contributed by atoms with Gasteiger partial charge in [-0.15, -0.1) is 0 Å². The Hall–Kier alpha value is -1.67. The molecule has 0 aliphatic rings. The number of rotatable bonds is 3. The minimum atomic E-state index is -4.12. The van der Waals surface area contributed by atoms with E-state index in [2.05, 4.69) is 15.9 Å². The Morgan fingerprint density at radius 1 is 1.15 bits per heavy atom. The molecule has 0 radical (unpaired) electrons. The third-order valence-electron chi connectivity index (χ3n) is 2.46. The summed E-state index contributed by atoms with van der Waals surface area (Å²) in [6.07, 6.45) is 0. The first kappa shape index (κ1) is 14.7. The molecule has 0 fully saturated rings. The van der Waals surface area contributed by atoms with Gasteiger partial charge in [-0.1, -0.05) is 22.0 Å². The van der Waals surface area contributed by atoms with E-state index >= 15 is 0 Å². The summed E-state index contributed by atoms with van der Waals surface area (Å²) in [7, 11) is -4.12. The molecule has 0 atom stereocenters. The van der Waals surface area contributed by atoms with Crippen LogP contribution in [0.5, 0.6) is 0 Å². The highest BCUT2D eigenvalue weighted by atomic mass is 79.9. The number of hydrogen-bond acceptors (Lipinski definition) is 3. The number of anilines is 2. The van der Waals surface area contributed by atoms with Gasteiger partial charge in [0.05, 0.1) is 11.4 Å². The van der Waals surface area contributed by atoms with Crippen LogP contribution in [0, 0.1) is 11.6 Å². The summed E-state index contributed by atoms with van der Waals surface area (Å²) >= 11 is 3.12. The van der Waals surface area contributed by atoms with Crippen LogP contribution in [-0.4, -0.2) is 8.42 Å². The average Bonchev–Trinajstić information content (AvgIpc) is 2.37. The third-order valence-corrected chi connectivity index (χ3v) is 4.38. The molecule has 0 saturated heterocycles. The van der Waals surface area contributed by atoms with Crippen molar-refractivity contribution in [3.8, 4) is 0 Å². The van der Waals surface area contributed by atoms with Crippen molar-refractivity contribution in [3.63, 3.8) is 0 Å². The van der Waals surface area contributed by atoms with Crippen molar-refractivity contribution in [1.29, 1.82) is 0 Å². The van der Waals surface area contributed by atoms with E-state index in [9.17, 15) is 17.2 Å². The summed E-state index contributed by atoms with van der Waals surface area (Å²) in [6, 6.07) is 7.43. The molecule has 2 aromatic carbocycles. The van der Waals surface area contributed by atoms with Crippen molar-refractivity contribution in [3.05, 3.63) is 52.5 Å². The molecule has 2 rings (SSSR count). The highest BCUT2D eigenvalue weighted by Crippen LogP contribution is 2.26. The molecule has 0 heterocycles. The van der Waals surface area contributed by atoms with Crippen molar-refractivity contribution in [1.82, 2.24) is 0 Å². The lowest BCUT2D eigenvalue weighted by molar-refractivity contribution is 0.511. The Morgan fingerprint density at radius 2 is 1.85 bits per heavy atom. The Bertz CT molecular complexity index is 766. The normalized spacial score (nSPS) is 11.3. The molecule has 0 aromatic heterocycles. The average molecular weight is 363 g/mol. The first-order valence-corrected chi connectivity index (χ1v) is 7.61. The molecule has 4 nitrogen and oxygen atoms in total. The maximum Gasteiger partial charge on any atom is 0.264 e. The SMILES string of the molecule is Nc1ccc(Br)cc1S(=O)(=O)Nc1cccc(F)c1F. The maximum absolute atomic E-state index is 13.5. The number of nitrogen functional groups attached to an aromatic ring is 1. The second-order valence-corrected chi connectivity index (χ2v) is 6.46. The molecule has 0 amide bonds. The van der Waals surface area contributed by atoms with Crippen molar-refractivity contribution in [2.45, 2.75) is 4.90 Å². The van der Waals surface area contributed by atoms with E-state index in [1.54, 1.807) is 6.07 Å². The zero-order valence-corrected chi connectivity index (χ0v) is 12.3. The lowest BCUT2D eigenvalue weighted by Gasteiger charge is -2.11. The fourth-order valence-electron chi connectivity index (χ4n) is 1.52. The molecule has 20 heavy (non-hydrogen) atoms. The van der Waals surface area contributed by atoms with Gasteiger partial charge in [-0.05, 0) is 30.3 Å². The summed E-state index contributed by atoms with van der Waals surface area (Å²) in [6.45, 7) is 0. The van der Waals surface area contributed by atoms with Gasteiger partial charge < -0.3 is 5.73 Å². The van der Waals surface area contributed by atoms with Crippen LogP contribution < -0.4 is 10.5 Å². The molecule has 0 bridgehead atoms. The minimum Gasteiger partial charge on any atom is -0.398 e. The highest BCUT2D eigenvalue weighted by Gasteiger charge is 2.20. The second kappa shape index (κ2) is 5.37. The van der Waals surface area contributed by atoms with Crippen LogP contribution in [0.3, 0.4) is 0 Å². The van der Waals surface area contributed by atoms with E-state index in [1.807, 2.05) is 4.72 Å². The van der Waals surface area contributed by atoms with Gasteiger partial charge in [0.2, 0.25) is 0 Å². The van der Waals surface area contributed by atoms with Gasteiger partial charge >= 0.3 is 0 Å². The Kier molecular flexibility index (Phi) is 3.96. The Morgan fingerprint density at radius 3 is 2.55 bits per heavy atom. The molecule has 0 aliphatic carbocycles. The monoisotopic (exact) mass is 362 g/mol. The molecular formula is C12H9BrF2N2O2S. The van der Waals surface area contributed by atoms with E-state index in [0.29, 0.717) is 4.47 Å². The maximum atomic E-state index is 13.5. The van der Waals surface area contributed by atoms with Crippen LogP contribution in [0.25, 0.3) is 0 Å². The fraction of sp³-hybridized carbons (Fsp3) is 0. The molecule has 0 spiro atoms. The summed E-state index contributed by atoms with van der Waals surface area (Å²) in [5.41, 5.74) is 5.10. The van der Waals surface area contributed by atoms with Gasteiger partial charge in [0.15, 0.2) is 11.6 Å². The number of hydrogen-bond donors (Lipinski definition) is 2. The minimum absolute atomic E-state index is 0.00230. The summed E-state index contributed by atoms with van der Waals surface area (Å²) in [5.74, 6) is -2.42. The van der Waals surface area contributed by atoms with Crippen LogP contribution in [0.4, 0.5) is 20.2 Å². The first-order valence-electron chi connectivity index (χ1n) is 5.33. The van der Waals surface area contributed by atoms with Crippen LogP contribution in [0.15, 0.2) is 45.8 Å². The number of benzene rings is 2. The van der Waals surface area contributed by atoms with Gasteiger partial charge in [-0.25, -0.2) is 17.2 Å². The molecule has 8 heteroatoms. The van der Waals surface area contributed by atoms with Crippen molar-refractivity contribution in [2.24, 2.45) is 0 Å². The zero-order chi connectivity index (χ0) is 14.9. The van der Waals surface area contributed by atoms with Gasteiger partial charge in [0.1, 0.15) is 4.90 Å². The third kappa shape index (κ3) is 2.91. The molecule has 0 unspecified atom stereocenters.